The second-order valence-electron chi connectivity index (χ2n) is 6.81. The van der Waals surface area contributed by atoms with Crippen molar-refractivity contribution < 1.29 is 9.59 Å². The summed E-state index contributed by atoms with van der Waals surface area (Å²) in [5, 5.41) is 4.88. The molecule has 27 heavy (non-hydrogen) atoms. The van der Waals surface area contributed by atoms with Gasteiger partial charge >= 0.3 is 6.03 Å². The van der Waals surface area contributed by atoms with Gasteiger partial charge < -0.3 is 15.1 Å². The van der Waals surface area contributed by atoms with Crippen molar-refractivity contribution in [1.29, 1.82) is 0 Å². The second-order valence-corrected chi connectivity index (χ2v) is 6.81. The molecule has 1 aromatic carbocycles. The van der Waals surface area contributed by atoms with Crippen molar-refractivity contribution in [2.75, 3.05) is 25.0 Å². The molecule has 2 aliphatic heterocycles. The van der Waals surface area contributed by atoms with Gasteiger partial charge in [-0.1, -0.05) is 30.8 Å². The third kappa shape index (κ3) is 3.19. The maximum atomic E-state index is 11.9. The number of carbonyl (C=O) groups is 2. The molecule has 3 heterocycles. The van der Waals surface area contributed by atoms with Crippen LogP contribution in [0.15, 0.2) is 43.0 Å². The van der Waals surface area contributed by atoms with Crippen molar-refractivity contribution in [2.45, 2.75) is 18.6 Å². The van der Waals surface area contributed by atoms with Gasteiger partial charge in [0.15, 0.2) is 0 Å². The van der Waals surface area contributed by atoms with E-state index in [2.05, 4.69) is 27.6 Å². The van der Waals surface area contributed by atoms with Crippen LogP contribution in [-0.4, -0.2) is 48.0 Å². The number of anilines is 1. The number of benzene rings is 1. The number of nitrogens with one attached hydrogen (secondary N) is 3. The molecule has 2 saturated heterocycles. The fourth-order valence-corrected chi connectivity index (χ4v) is 3.67. The van der Waals surface area contributed by atoms with Gasteiger partial charge in [0.05, 0.1) is 5.69 Å². The minimum Gasteiger partial charge on any atom is -0.354 e. The summed E-state index contributed by atoms with van der Waals surface area (Å²) in [5.41, 5.74) is 6.16. The summed E-state index contributed by atoms with van der Waals surface area (Å²) in [5.74, 6) is 0.797. The van der Waals surface area contributed by atoms with E-state index in [0.29, 0.717) is 13.1 Å². The maximum Gasteiger partial charge on any atom is 0.330 e. The van der Waals surface area contributed by atoms with Gasteiger partial charge in [-0.15, -0.1) is 0 Å². The molecule has 1 unspecified atom stereocenters. The van der Waals surface area contributed by atoms with E-state index >= 15 is 0 Å². The highest BCUT2D eigenvalue weighted by Gasteiger charge is 2.30. The minimum atomic E-state index is -0.392. The lowest BCUT2D eigenvalue weighted by Gasteiger charge is -2.28. The van der Waals surface area contributed by atoms with Crippen LogP contribution in [0.3, 0.4) is 0 Å². The Morgan fingerprint density at radius 1 is 1.41 bits per heavy atom. The molecule has 0 aliphatic carbocycles. The summed E-state index contributed by atoms with van der Waals surface area (Å²) in [4.78, 5) is 32.2. The number of hydrazine groups is 1. The van der Waals surface area contributed by atoms with Crippen LogP contribution in [0.5, 0.6) is 0 Å². The molecule has 0 bridgehead atoms. The van der Waals surface area contributed by atoms with E-state index in [1.807, 2.05) is 42.3 Å². The number of hydrogen-bond acceptors (Lipinski definition) is 5. The van der Waals surface area contributed by atoms with E-state index in [1.54, 1.807) is 0 Å². The number of carbonyl (C=O) groups excluding carboxylic acids is 2. The highest BCUT2D eigenvalue weighted by molar-refractivity contribution is 5.93. The van der Waals surface area contributed by atoms with Crippen LogP contribution in [-0.2, 0) is 4.79 Å². The Morgan fingerprint density at radius 2 is 2.22 bits per heavy atom. The number of urea groups is 1. The van der Waals surface area contributed by atoms with E-state index in [4.69, 9.17) is 4.98 Å². The number of amides is 3. The lowest BCUT2D eigenvalue weighted by Crippen LogP contribution is -2.37. The zero-order valence-electron chi connectivity index (χ0n) is 15.1. The van der Waals surface area contributed by atoms with E-state index in [-0.39, 0.29) is 18.0 Å². The number of rotatable bonds is 4. The first-order valence-electron chi connectivity index (χ1n) is 8.92. The molecule has 0 saturated carbocycles. The highest BCUT2D eigenvalue weighted by atomic mass is 16.2. The van der Waals surface area contributed by atoms with Gasteiger partial charge in [-0.05, 0) is 23.9 Å². The normalized spacial score (nSPS) is 21.8. The molecular weight excluding hydrogens is 344 g/mol. The summed E-state index contributed by atoms with van der Waals surface area (Å²) < 4.78 is 0. The zero-order chi connectivity index (χ0) is 19.0. The Balaban J connectivity index is 1.68. The lowest BCUT2D eigenvalue weighted by atomic mass is 10.1. The number of likely N-dealkylation sites (tertiary alicyclic amines) is 1. The van der Waals surface area contributed by atoms with Crippen LogP contribution in [0.2, 0.25) is 0 Å². The molecular formula is C19H22N6O2. The van der Waals surface area contributed by atoms with Gasteiger partial charge in [0.1, 0.15) is 12.0 Å². The first-order chi connectivity index (χ1) is 13.1. The van der Waals surface area contributed by atoms with Crippen molar-refractivity contribution in [1.82, 2.24) is 26.1 Å². The van der Waals surface area contributed by atoms with Gasteiger partial charge in [-0.3, -0.25) is 10.2 Å². The first-order valence-corrected chi connectivity index (χ1v) is 8.92. The quantitative estimate of drug-likeness (QED) is 0.709. The Bertz CT molecular complexity index is 914. The van der Waals surface area contributed by atoms with Gasteiger partial charge in [-0.25, -0.2) is 15.2 Å². The third-order valence-corrected chi connectivity index (χ3v) is 5.17. The monoisotopic (exact) mass is 366 g/mol. The van der Waals surface area contributed by atoms with E-state index in [1.165, 1.54) is 6.08 Å². The number of likely N-dealkylation sites (N-methyl/N-ethyl adjacent to an activating group) is 1. The largest absolute Gasteiger partial charge is 0.354 e. The summed E-state index contributed by atoms with van der Waals surface area (Å²) in [6.45, 7) is 4.92. The van der Waals surface area contributed by atoms with Gasteiger partial charge in [0.25, 0.3) is 0 Å². The van der Waals surface area contributed by atoms with Crippen molar-refractivity contribution in [3.63, 3.8) is 0 Å². The predicted octanol–water partition coefficient (Wildman–Crippen LogP) is 1.27. The number of nitrogens with zero attached hydrogens (tertiary/aromatic N) is 3. The molecule has 2 atom stereocenters. The lowest BCUT2D eigenvalue weighted by molar-refractivity contribution is -0.125. The number of aromatic nitrogens is 1. The number of pyridine rings is 1. The van der Waals surface area contributed by atoms with Crippen LogP contribution in [0, 0.1) is 0 Å². The average Bonchev–Trinajstić information content (AvgIpc) is 3.35. The molecule has 0 spiro atoms. The molecule has 4 rings (SSSR count). The molecule has 140 valence electrons. The maximum absolute atomic E-state index is 11.9. The summed E-state index contributed by atoms with van der Waals surface area (Å²) in [7, 11) is 2.00. The Labute approximate surface area is 157 Å². The van der Waals surface area contributed by atoms with Crippen LogP contribution < -0.4 is 21.1 Å². The highest BCUT2D eigenvalue weighted by Crippen LogP contribution is 2.30. The Hall–Kier alpha value is -3.13. The van der Waals surface area contributed by atoms with Crippen LogP contribution in [0.4, 0.5) is 10.6 Å². The van der Waals surface area contributed by atoms with E-state index in [0.717, 1.165) is 28.7 Å². The van der Waals surface area contributed by atoms with E-state index in [9.17, 15) is 9.59 Å². The minimum absolute atomic E-state index is 0.0404. The number of hydrogen-bond donors (Lipinski definition) is 3. The number of fused-ring (bicyclic) bond motifs is 1. The third-order valence-electron chi connectivity index (χ3n) is 5.17. The molecule has 8 heteroatoms. The molecule has 3 N–H and O–H groups in total. The fraction of sp³-hybridized carbons (Fsp3) is 0.316. The first kappa shape index (κ1) is 17.3. The van der Waals surface area contributed by atoms with Crippen LogP contribution >= 0.6 is 0 Å². The van der Waals surface area contributed by atoms with Gasteiger partial charge in [0.2, 0.25) is 5.91 Å². The Kier molecular flexibility index (Phi) is 4.41. The molecule has 0 radical (unpaired) electrons. The average molecular weight is 366 g/mol. The van der Waals surface area contributed by atoms with Crippen molar-refractivity contribution in [3.05, 3.63) is 48.7 Å². The molecule has 2 fully saturated rings. The molecule has 2 aromatic rings. The van der Waals surface area contributed by atoms with Crippen molar-refractivity contribution >= 4 is 28.5 Å². The fourth-order valence-electron chi connectivity index (χ4n) is 3.67. The SMILES string of the molecule is C=CC(=O)N1CC[C@H](N(C)c2nc(C3NNC(=O)N3)cc3ccccc23)C1. The topological polar surface area (TPSA) is 89.6 Å². The van der Waals surface area contributed by atoms with Crippen LogP contribution in [0.25, 0.3) is 10.8 Å². The van der Waals surface area contributed by atoms with Gasteiger partial charge in [0, 0.05) is 31.6 Å². The van der Waals surface area contributed by atoms with Crippen molar-refractivity contribution in [2.24, 2.45) is 0 Å². The molecule has 3 amide bonds. The Morgan fingerprint density at radius 3 is 2.96 bits per heavy atom. The van der Waals surface area contributed by atoms with Crippen molar-refractivity contribution in [3.8, 4) is 0 Å². The summed E-state index contributed by atoms with van der Waals surface area (Å²) in [6.07, 6.45) is 1.84. The van der Waals surface area contributed by atoms with Gasteiger partial charge in [-0.2, -0.15) is 0 Å². The summed E-state index contributed by atoms with van der Waals surface area (Å²) >= 11 is 0. The molecule has 8 nitrogen and oxygen atoms in total. The summed E-state index contributed by atoms with van der Waals surface area (Å²) in [6, 6.07) is 9.90. The second kappa shape index (κ2) is 6.88. The molecule has 2 aliphatic rings. The zero-order valence-corrected chi connectivity index (χ0v) is 15.1. The smallest absolute Gasteiger partial charge is 0.330 e. The van der Waals surface area contributed by atoms with E-state index < -0.39 is 6.17 Å². The van der Waals surface area contributed by atoms with Crippen LogP contribution in [0.1, 0.15) is 18.3 Å². The standard InChI is InChI=1S/C19H22N6O2/c1-3-16(26)25-9-8-13(11-25)24(2)18-14-7-5-4-6-12(14)10-15(20-18)17-21-19(27)23-22-17/h3-7,10,13,17,22H,1,8-9,11H2,2H3,(H2,21,23,27)/t13-,17?/m0/s1. The molecule has 1 aromatic heterocycles. The predicted molar refractivity (Wildman–Crippen MR) is 103 cm³/mol.